The Morgan fingerprint density at radius 3 is 1.68 bits per heavy atom. The van der Waals surface area contributed by atoms with E-state index in [4.69, 9.17) is 50.7 Å². The maximum atomic E-state index is 11.0. The van der Waals surface area contributed by atoms with Crippen molar-refractivity contribution in [2.75, 3.05) is 33.0 Å². The first-order valence-electron chi connectivity index (χ1n) is 11.9. The zero-order chi connectivity index (χ0) is 27.4. The van der Waals surface area contributed by atoms with Crippen LogP contribution in [-0.4, -0.2) is 166 Å². The fourth-order valence-electron chi connectivity index (χ4n) is 4.44. The molecule has 15 atom stereocenters. The van der Waals surface area contributed by atoms with Crippen LogP contribution in [0.3, 0.4) is 0 Å². The number of hydrogen-bond donors (Lipinski definition) is 11. The zero-order valence-electron chi connectivity index (χ0n) is 20.0. The number of rotatable bonds is 10. The van der Waals surface area contributed by atoms with Crippen molar-refractivity contribution in [1.82, 2.24) is 0 Å². The molecule has 0 bridgehead atoms. The number of nitrogens with two attached hydrogens (primary N) is 3. The summed E-state index contributed by atoms with van der Waals surface area (Å²) < 4.78 is 33.4. The van der Waals surface area contributed by atoms with Gasteiger partial charge in [0.05, 0.1) is 51.2 Å². The van der Waals surface area contributed by atoms with Gasteiger partial charge in [0.25, 0.3) is 0 Å². The average Bonchev–Trinajstić information content (AvgIpc) is 2.88. The van der Waals surface area contributed by atoms with Crippen LogP contribution < -0.4 is 17.2 Å². The molecule has 6 unspecified atom stereocenters. The second kappa shape index (κ2) is 13.6. The monoisotopic (exact) mass is 545 g/mol. The molecule has 0 aromatic rings. The van der Waals surface area contributed by atoms with Gasteiger partial charge in [0, 0.05) is 0 Å². The Balaban J connectivity index is 1.77. The van der Waals surface area contributed by atoms with Gasteiger partial charge in [-0.15, -0.1) is 0 Å². The Kier molecular flexibility index (Phi) is 11.3. The van der Waals surface area contributed by atoms with Crippen LogP contribution in [0, 0.1) is 0 Å². The van der Waals surface area contributed by atoms with Crippen molar-refractivity contribution in [3.63, 3.8) is 0 Å². The molecule has 0 aliphatic carbocycles. The van der Waals surface area contributed by atoms with Crippen molar-refractivity contribution in [1.29, 1.82) is 0 Å². The van der Waals surface area contributed by atoms with Crippen LogP contribution in [0.2, 0.25) is 0 Å². The van der Waals surface area contributed by atoms with Crippen LogP contribution in [0.1, 0.15) is 0 Å². The van der Waals surface area contributed by atoms with E-state index in [9.17, 15) is 35.7 Å². The normalized spacial score (nSPS) is 49.2. The standard InChI is InChI=1S/C20H39N3O14/c21-9-14(29)16(7(4-26)33-18(9)31)36-20-11(23)15(30)17(8(35-20)5-32-2-1-24)37-19-10(22)13(28)12(27)6(3-25)34-19/h6-20,24-31H,1-5,21-23H2/t6?,7?,8?,9?,10-,11-,12+,13?,14+,15?,16+,17+,18+,19-,20-/m0/s1. The summed E-state index contributed by atoms with van der Waals surface area (Å²) >= 11 is 0. The van der Waals surface area contributed by atoms with Gasteiger partial charge in [-0.05, 0) is 0 Å². The highest BCUT2D eigenvalue weighted by molar-refractivity contribution is 4.98. The van der Waals surface area contributed by atoms with E-state index in [1.807, 2.05) is 0 Å². The second-order valence-corrected chi connectivity index (χ2v) is 9.21. The zero-order valence-corrected chi connectivity index (χ0v) is 20.0. The Bertz CT molecular complexity index is 695. The summed E-state index contributed by atoms with van der Waals surface area (Å²) in [6.45, 7) is -1.96. The molecule has 14 N–H and O–H groups in total. The maximum Gasteiger partial charge on any atom is 0.176 e. The highest BCUT2D eigenvalue weighted by Crippen LogP contribution is 2.31. The number of hydrogen-bond acceptors (Lipinski definition) is 17. The fraction of sp³-hybridized carbons (Fsp3) is 1.00. The fourth-order valence-corrected chi connectivity index (χ4v) is 4.44. The molecule has 3 rings (SSSR count). The van der Waals surface area contributed by atoms with E-state index in [0.717, 1.165) is 0 Å². The van der Waals surface area contributed by atoms with Gasteiger partial charge in [-0.2, -0.15) is 0 Å². The molecule has 37 heavy (non-hydrogen) atoms. The molecule has 3 aliphatic rings. The second-order valence-electron chi connectivity index (χ2n) is 9.21. The van der Waals surface area contributed by atoms with Crippen molar-refractivity contribution < 1.29 is 69.3 Å². The van der Waals surface area contributed by atoms with Gasteiger partial charge < -0.3 is 86.5 Å². The average molecular weight is 546 g/mol. The van der Waals surface area contributed by atoms with Crippen LogP contribution in [-0.2, 0) is 28.4 Å². The molecule has 0 radical (unpaired) electrons. The van der Waals surface area contributed by atoms with Gasteiger partial charge >= 0.3 is 0 Å². The summed E-state index contributed by atoms with van der Waals surface area (Å²) in [7, 11) is 0. The third kappa shape index (κ3) is 6.73. The van der Waals surface area contributed by atoms with Gasteiger partial charge in [0.1, 0.15) is 54.9 Å². The molecular formula is C20H39N3O14. The summed E-state index contributed by atoms with van der Waals surface area (Å²) in [5.74, 6) is 0. The topological polar surface area (TPSA) is 295 Å². The molecule has 0 aromatic heterocycles. The summed E-state index contributed by atoms with van der Waals surface area (Å²) in [5.41, 5.74) is 17.8. The van der Waals surface area contributed by atoms with Crippen molar-refractivity contribution in [2.24, 2.45) is 17.2 Å². The van der Waals surface area contributed by atoms with Gasteiger partial charge in [-0.3, -0.25) is 0 Å². The molecule has 0 amide bonds. The first kappa shape index (κ1) is 30.9. The highest BCUT2D eigenvalue weighted by atomic mass is 16.7. The summed E-state index contributed by atoms with van der Waals surface area (Å²) in [4.78, 5) is 0. The summed E-state index contributed by atoms with van der Waals surface area (Å²) in [6.07, 6.45) is -16.6. The molecule has 17 heteroatoms. The minimum atomic E-state index is -1.56. The van der Waals surface area contributed by atoms with E-state index in [1.54, 1.807) is 0 Å². The minimum Gasteiger partial charge on any atom is -0.394 e. The van der Waals surface area contributed by atoms with Crippen molar-refractivity contribution >= 4 is 0 Å². The summed E-state index contributed by atoms with van der Waals surface area (Å²) in [6, 6.07) is -3.87. The molecule has 0 aromatic carbocycles. The first-order valence-corrected chi connectivity index (χ1v) is 11.9. The first-order chi connectivity index (χ1) is 17.5. The molecular weight excluding hydrogens is 506 g/mol. The van der Waals surface area contributed by atoms with E-state index in [2.05, 4.69) is 0 Å². The molecule has 3 heterocycles. The maximum absolute atomic E-state index is 11.0. The lowest BCUT2D eigenvalue weighted by molar-refractivity contribution is -0.349. The largest absolute Gasteiger partial charge is 0.394 e. The molecule has 17 nitrogen and oxygen atoms in total. The molecule has 3 saturated heterocycles. The SMILES string of the molecule is NC1[C@H](O)OC(CO)[C@@H](O[C@@H]2OC(COCCO)[C@@H](O[C@@H]3OC(CO)[C@@H](O)C(O)[C@@H]3N)C(O)[C@@H]2N)[C@@H]1O. The van der Waals surface area contributed by atoms with Crippen LogP contribution in [0.5, 0.6) is 0 Å². The van der Waals surface area contributed by atoms with Crippen molar-refractivity contribution in [2.45, 2.75) is 91.9 Å². The van der Waals surface area contributed by atoms with Crippen LogP contribution >= 0.6 is 0 Å². The van der Waals surface area contributed by atoms with E-state index < -0.39 is 105 Å². The molecule has 3 fully saturated rings. The Hall–Kier alpha value is -0.680. The third-order valence-corrected chi connectivity index (χ3v) is 6.67. The lowest BCUT2D eigenvalue weighted by atomic mass is 9.94. The number of aliphatic hydroxyl groups excluding tert-OH is 8. The van der Waals surface area contributed by atoms with Gasteiger partial charge in [-0.1, -0.05) is 0 Å². The van der Waals surface area contributed by atoms with Gasteiger partial charge in [-0.25, -0.2) is 0 Å². The molecule has 218 valence electrons. The van der Waals surface area contributed by atoms with E-state index in [-0.39, 0.29) is 19.8 Å². The number of aliphatic hydroxyl groups is 8. The van der Waals surface area contributed by atoms with Gasteiger partial charge in [0.15, 0.2) is 18.9 Å². The van der Waals surface area contributed by atoms with Crippen LogP contribution in [0.15, 0.2) is 0 Å². The summed E-state index contributed by atoms with van der Waals surface area (Å²) in [5, 5.41) is 79.7. The lowest BCUT2D eigenvalue weighted by Crippen LogP contribution is -2.69. The number of ether oxygens (including phenoxy) is 6. The quantitative estimate of drug-likeness (QED) is 0.114. The Morgan fingerprint density at radius 1 is 0.595 bits per heavy atom. The van der Waals surface area contributed by atoms with Crippen LogP contribution in [0.4, 0.5) is 0 Å². The lowest BCUT2D eigenvalue weighted by Gasteiger charge is -2.48. The molecule has 0 spiro atoms. The Morgan fingerprint density at radius 2 is 1.11 bits per heavy atom. The smallest absolute Gasteiger partial charge is 0.176 e. The van der Waals surface area contributed by atoms with Gasteiger partial charge in [0.2, 0.25) is 0 Å². The predicted molar refractivity (Wildman–Crippen MR) is 118 cm³/mol. The predicted octanol–water partition coefficient (Wildman–Crippen LogP) is -7.66. The highest BCUT2D eigenvalue weighted by Gasteiger charge is 2.52. The third-order valence-electron chi connectivity index (χ3n) is 6.67. The van der Waals surface area contributed by atoms with Crippen molar-refractivity contribution in [3.8, 4) is 0 Å². The minimum absolute atomic E-state index is 0.0916. The van der Waals surface area contributed by atoms with Crippen LogP contribution in [0.25, 0.3) is 0 Å². The van der Waals surface area contributed by atoms with E-state index in [0.29, 0.717) is 0 Å². The Labute approximate surface area is 212 Å². The van der Waals surface area contributed by atoms with E-state index in [1.165, 1.54) is 0 Å². The molecule has 0 saturated carbocycles. The van der Waals surface area contributed by atoms with E-state index >= 15 is 0 Å². The molecule has 3 aliphatic heterocycles. The van der Waals surface area contributed by atoms with Crippen molar-refractivity contribution in [3.05, 3.63) is 0 Å².